The van der Waals surface area contributed by atoms with Crippen LogP contribution in [0.3, 0.4) is 0 Å². The number of nitrogens with one attached hydrogen (secondary N) is 1. The van der Waals surface area contributed by atoms with Crippen LogP contribution in [0.4, 0.5) is 10.5 Å². The number of benzene rings is 1. The van der Waals surface area contributed by atoms with Gasteiger partial charge in [0.2, 0.25) is 0 Å². The average Bonchev–Trinajstić information content (AvgIpc) is 3.07. The largest absolute Gasteiger partial charge is 0.381 e. The zero-order chi connectivity index (χ0) is 19.0. The number of aryl methyl sites for hydroxylation is 2. The number of aromatic nitrogens is 1. The maximum Gasteiger partial charge on any atom is 0.322 e. The van der Waals surface area contributed by atoms with Gasteiger partial charge in [0.25, 0.3) is 5.56 Å². The molecular formula is C21H25N3O3. The molecule has 6 nitrogen and oxygen atoms in total. The van der Waals surface area contributed by atoms with Gasteiger partial charge in [-0.25, -0.2) is 4.79 Å². The van der Waals surface area contributed by atoms with Crippen molar-refractivity contribution in [2.24, 2.45) is 13.0 Å². The third kappa shape index (κ3) is 3.37. The van der Waals surface area contributed by atoms with Crippen LogP contribution in [0.25, 0.3) is 0 Å². The van der Waals surface area contributed by atoms with Crippen LogP contribution in [0.1, 0.15) is 23.5 Å². The highest BCUT2D eigenvalue weighted by Gasteiger charge is 2.45. The minimum absolute atomic E-state index is 0.0830. The van der Waals surface area contributed by atoms with Crippen molar-refractivity contribution in [2.45, 2.75) is 25.3 Å². The molecule has 0 spiro atoms. The minimum Gasteiger partial charge on any atom is -0.381 e. The number of fused-ring (bicyclic) bond motifs is 1. The van der Waals surface area contributed by atoms with E-state index in [1.807, 2.05) is 30.0 Å². The van der Waals surface area contributed by atoms with E-state index in [4.69, 9.17) is 4.74 Å². The van der Waals surface area contributed by atoms with Crippen molar-refractivity contribution in [2.75, 3.05) is 25.1 Å². The number of rotatable bonds is 2. The lowest BCUT2D eigenvalue weighted by atomic mass is 9.84. The Kier molecular flexibility index (Phi) is 4.74. The van der Waals surface area contributed by atoms with E-state index in [-0.39, 0.29) is 23.6 Å². The Balaban J connectivity index is 1.58. The molecule has 142 valence electrons. The van der Waals surface area contributed by atoms with Gasteiger partial charge in [0.15, 0.2) is 0 Å². The van der Waals surface area contributed by atoms with E-state index in [9.17, 15) is 9.59 Å². The van der Waals surface area contributed by atoms with Gasteiger partial charge < -0.3 is 19.5 Å². The standard InChI is InChI=1S/C21H25N3O3/c1-14-10-20(25)23(2)12-18(14)22-21(26)24-11-16(15-6-4-3-5-7-15)17-13-27-9-8-19(17)24/h3-7,10,12,16-17,19H,8-9,11,13H2,1-2H3,(H,22,26)/t16-,17+,19-/m1/s1. The van der Waals surface area contributed by atoms with Crippen molar-refractivity contribution in [1.29, 1.82) is 0 Å². The van der Waals surface area contributed by atoms with Crippen molar-refractivity contribution in [1.82, 2.24) is 9.47 Å². The summed E-state index contributed by atoms with van der Waals surface area (Å²) in [5.41, 5.74) is 2.62. The van der Waals surface area contributed by atoms with Crippen LogP contribution < -0.4 is 10.9 Å². The molecule has 3 atom stereocenters. The monoisotopic (exact) mass is 367 g/mol. The summed E-state index contributed by atoms with van der Waals surface area (Å²) >= 11 is 0. The Bertz CT molecular complexity index is 893. The number of hydrogen-bond donors (Lipinski definition) is 1. The number of carbonyl (C=O) groups is 1. The van der Waals surface area contributed by atoms with Crippen LogP contribution in [0.5, 0.6) is 0 Å². The van der Waals surface area contributed by atoms with E-state index in [0.717, 1.165) is 12.0 Å². The summed E-state index contributed by atoms with van der Waals surface area (Å²) in [7, 11) is 1.69. The highest BCUT2D eigenvalue weighted by molar-refractivity contribution is 5.90. The number of likely N-dealkylation sites (tertiary alicyclic amines) is 1. The van der Waals surface area contributed by atoms with E-state index in [1.54, 1.807) is 19.3 Å². The molecule has 2 fully saturated rings. The zero-order valence-corrected chi connectivity index (χ0v) is 15.7. The van der Waals surface area contributed by atoms with Crippen molar-refractivity contribution in [3.05, 3.63) is 64.1 Å². The summed E-state index contributed by atoms with van der Waals surface area (Å²) in [6.07, 6.45) is 2.54. The Hall–Kier alpha value is -2.60. The fraction of sp³-hybridized carbons (Fsp3) is 0.429. The van der Waals surface area contributed by atoms with Gasteiger partial charge in [-0.05, 0) is 24.5 Å². The molecule has 2 saturated heterocycles. The lowest BCUT2D eigenvalue weighted by molar-refractivity contribution is 0.0272. The summed E-state index contributed by atoms with van der Waals surface area (Å²) < 4.78 is 7.22. The van der Waals surface area contributed by atoms with Crippen molar-refractivity contribution < 1.29 is 9.53 Å². The first-order valence-corrected chi connectivity index (χ1v) is 9.42. The second kappa shape index (κ2) is 7.19. The Morgan fingerprint density at radius 2 is 2.04 bits per heavy atom. The van der Waals surface area contributed by atoms with E-state index in [1.165, 1.54) is 10.1 Å². The van der Waals surface area contributed by atoms with Gasteiger partial charge in [0, 0.05) is 50.3 Å². The Labute approximate surface area is 158 Å². The van der Waals surface area contributed by atoms with Crippen LogP contribution >= 0.6 is 0 Å². The van der Waals surface area contributed by atoms with Crippen LogP contribution in [-0.4, -0.2) is 41.3 Å². The number of pyridine rings is 1. The smallest absolute Gasteiger partial charge is 0.322 e. The van der Waals surface area contributed by atoms with Crippen molar-refractivity contribution >= 4 is 11.7 Å². The minimum atomic E-state index is -0.105. The van der Waals surface area contributed by atoms with Crippen molar-refractivity contribution in [3.8, 4) is 0 Å². The molecule has 0 aliphatic carbocycles. The van der Waals surface area contributed by atoms with Crippen LogP contribution in [0.15, 0.2) is 47.4 Å². The zero-order valence-electron chi connectivity index (χ0n) is 15.7. The molecule has 6 heteroatoms. The fourth-order valence-electron chi connectivity index (χ4n) is 4.33. The molecule has 2 aromatic rings. The number of urea groups is 1. The molecule has 1 aromatic heterocycles. The third-order valence-corrected chi connectivity index (χ3v) is 5.84. The first kappa shape index (κ1) is 17.8. The maximum absolute atomic E-state index is 13.1. The first-order chi connectivity index (χ1) is 13.0. The molecule has 0 radical (unpaired) electrons. The van der Waals surface area contributed by atoms with E-state index >= 15 is 0 Å². The van der Waals surface area contributed by atoms with E-state index < -0.39 is 0 Å². The number of ether oxygens (including phenoxy) is 1. The SMILES string of the molecule is Cc1cc(=O)n(C)cc1NC(=O)N1C[C@H](c2ccccc2)[C@@H]2COCC[C@H]21. The molecule has 1 aromatic carbocycles. The first-order valence-electron chi connectivity index (χ1n) is 9.42. The van der Waals surface area contributed by atoms with Crippen LogP contribution in [-0.2, 0) is 11.8 Å². The molecule has 27 heavy (non-hydrogen) atoms. The summed E-state index contributed by atoms with van der Waals surface area (Å²) in [6.45, 7) is 3.89. The molecular weight excluding hydrogens is 342 g/mol. The quantitative estimate of drug-likeness (QED) is 0.888. The van der Waals surface area contributed by atoms with Gasteiger partial charge in [-0.3, -0.25) is 4.79 Å². The van der Waals surface area contributed by atoms with Crippen molar-refractivity contribution in [3.63, 3.8) is 0 Å². The maximum atomic E-state index is 13.1. The predicted octanol–water partition coefficient (Wildman–Crippen LogP) is 2.73. The number of nitrogens with zero attached hydrogens (tertiary/aromatic N) is 2. The number of hydrogen-bond acceptors (Lipinski definition) is 3. The van der Waals surface area contributed by atoms with Gasteiger partial charge in [-0.15, -0.1) is 0 Å². The number of anilines is 1. The highest BCUT2D eigenvalue weighted by atomic mass is 16.5. The summed E-state index contributed by atoms with van der Waals surface area (Å²) in [5, 5.41) is 3.01. The van der Waals surface area contributed by atoms with Gasteiger partial charge in [0.05, 0.1) is 12.3 Å². The van der Waals surface area contributed by atoms with Gasteiger partial charge in [-0.2, -0.15) is 0 Å². The molecule has 0 saturated carbocycles. The summed E-state index contributed by atoms with van der Waals surface area (Å²) in [5.74, 6) is 0.594. The molecule has 1 N–H and O–H groups in total. The molecule has 2 aliphatic rings. The lowest BCUT2D eigenvalue weighted by Crippen LogP contribution is -2.44. The summed E-state index contributed by atoms with van der Waals surface area (Å²) in [4.78, 5) is 26.8. The normalized spacial score (nSPS) is 24.5. The average molecular weight is 367 g/mol. The Morgan fingerprint density at radius 1 is 1.26 bits per heavy atom. The van der Waals surface area contributed by atoms with E-state index in [2.05, 4.69) is 17.4 Å². The van der Waals surface area contributed by atoms with E-state index in [0.29, 0.717) is 31.4 Å². The predicted molar refractivity (Wildman–Crippen MR) is 104 cm³/mol. The Morgan fingerprint density at radius 3 is 2.81 bits per heavy atom. The number of carbonyl (C=O) groups excluding carboxylic acids is 1. The number of amides is 2. The lowest BCUT2D eigenvalue weighted by Gasteiger charge is -2.32. The van der Waals surface area contributed by atoms with Crippen LogP contribution in [0.2, 0.25) is 0 Å². The second-order valence-electron chi connectivity index (χ2n) is 7.51. The molecule has 2 aliphatic heterocycles. The third-order valence-electron chi connectivity index (χ3n) is 5.84. The van der Waals surface area contributed by atoms with Gasteiger partial charge in [0.1, 0.15) is 0 Å². The second-order valence-corrected chi connectivity index (χ2v) is 7.51. The van der Waals surface area contributed by atoms with Crippen LogP contribution in [0, 0.1) is 12.8 Å². The molecule has 3 heterocycles. The molecule has 4 rings (SSSR count). The topological polar surface area (TPSA) is 63.6 Å². The molecule has 0 bridgehead atoms. The fourth-order valence-corrected chi connectivity index (χ4v) is 4.33. The highest BCUT2D eigenvalue weighted by Crippen LogP contribution is 2.41. The molecule has 2 amide bonds. The van der Waals surface area contributed by atoms with Gasteiger partial charge >= 0.3 is 6.03 Å². The summed E-state index contributed by atoms with van der Waals surface area (Å²) in [6, 6.07) is 12.0. The molecule has 0 unspecified atom stereocenters. The van der Waals surface area contributed by atoms with Gasteiger partial charge in [-0.1, -0.05) is 30.3 Å².